The van der Waals surface area contributed by atoms with Crippen LogP contribution in [0.2, 0.25) is 0 Å². The van der Waals surface area contributed by atoms with E-state index < -0.39 is 18.0 Å². The maximum atomic E-state index is 13.1. The number of hydrogen-bond acceptors (Lipinski definition) is 6. The summed E-state index contributed by atoms with van der Waals surface area (Å²) in [4.78, 5) is 25.4. The van der Waals surface area contributed by atoms with Crippen molar-refractivity contribution in [1.29, 1.82) is 0 Å². The number of ether oxygens (including phenoxy) is 2. The van der Waals surface area contributed by atoms with Gasteiger partial charge in [0.15, 0.2) is 0 Å². The van der Waals surface area contributed by atoms with E-state index >= 15 is 0 Å². The average Bonchev–Trinajstić information content (AvgIpc) is 3.20. The fraction of sp³-hybridized carbons (Fsp3) is 0.238. The van der Waals surface area contributed by atoms with Gasteiger partial charge in [-0.15, -0.1) is 11.8 Å². The van der Waals surface area contributed by atoms with E-state index in [1.165, 1.54) is 23.9 Å². The standard InChI is InChI=1S/C21H17FO5S/c1-12-10-18(20(23)25-12)27-21(24)19-16(15-4-2-3-5-17(15)26-19)11-28-14-8-6-13(22)7-9-14/h2-9,12,18H,10-11H2,1H3/t12-,18+/m0/s1. The topological polar surface area (TPSA) is 65.7 Å². The van der Waals surface area contributed by atoms with Crippen molar-refractivity contribution in [1.82, 2.24) is 0 Å². The molecule has 3 aromatic rings. The molecule has 2 atom stereocenters. The van der Waals surface area contributed by atoms with Gasteiger partial charge in [-0.1, -0.05) is 18.2 Å². The molecule has 7 heteroatoms. The van der Waals surface area contributed by atoms with Gasteiger partial charge < -0.3 is 13.9 Å². The number of thioether (sulfide) groups is 1. The molecule has 1 aliphatic heterocycles. The van der Waals surface area contributed by atoms with E-state index in [0.717, 1.165) is 10.3 Å². The molecular formula is C21H17FO5S. The van der Waals surface area contributed by atoms with Crippen molar-refractivity contribution in [2.24, 2.45) is 0 Å². The lowest BCUT2D eigenvalue weighted by molar-refractivity contribution is -0.147. The van der Waals surface area contributed by atoms with Crippen molar-refractivity contribution < 1.29 is 27.9 Å². The predicted molar refractivity (Wildman–Crippen MR) is 102 cm³/mol. The first-order valence-corrected chi connectivity index (χ1v) is 9.80. The molecule has 0 N–H and O–H groups in total. The van der Waals surface area contributed by atoms with E-state index in [-0.39, 0.29) is 17.7 Å². The van der Waals surface area contributed by atoms with Crippen LogP contribution in [0.25, 0.3) is 11.0 Å². The van der Waals surface area contributed by atoms with Crippen LogP contribution in [0.15, 0.2) is 57.8 Å². The van der Waals surface area contributed by atoms with Crippen molar-refractivity contribution in [2.75, 3.05) is 0 Å². The van der Waals surface area contributed by atoms with Gasteiger partial charge in [0, 0.05) is 28.0 Å². The summed E-state index contributed by atoms with van der Waals surface area (Å²) in [5.74, 6) is -1.04. The summed E-state index contributed by atoms with van der Waals surface area (Å²) in [7, 11) is 0. The molecule has 2 aromatic carbocycles. The Bertz CT molecular complexity index is 1030. The van der Waals surface area contributed by atoms with Gasteiger partial charge in [-0.25, -0.2) is 14.0 Å². The molecule has 5 nitrogen and oxygen atoms in total. The zero-order valence-corrected chi connectivity index (χ0v) is 15.8. The zero-order valence-electron chi connectivity index (χ0n) is 15.0. The van der Waals surface area contributed by atoms with Crippen LogP contribution < -0.4 is 0 Å². The highest BCUT2D eigenvalue weighted by atomic mass is 32.2. The van der Waals surface area contributed by atoms with Crippen molar-refractivity contribution in [3.8, 4) is 0 Å². The number of fused-ring (bicyclic) bond motifs is 1. The Kier molecular flexibility index (Phi) is 5.09. The number of halogens is 1. The quantitative estimate of drug-likeness (QED) is 0.456. The van der Waals surface area contributed by atoms with Crippen molar-refractivity contribution in [3.05, 3.63) is 65.7 Å². The molecule has 0 amide bonds. The number of esters is 2. The van der Waals surface area contributed by atoms with E-state index in [4.69, 9.17) is 13.9 Å². The maximum Gasteiger partial charge on any atom is 0.375 e. The van der Waals surface area contributed by atoms with Gasteiger partial charge in [0.2, 0.25) is 11.9 Å². The number of carbonyl (C=O) groups is 2. The van der Waals surface area contributed by atoms with Gasteiger partial charge in [0.1, 0.15) is 17.5 Å². The third-order valence-electron chi connectivity index (χ3n) is 4.46. The number of benzene rings is 2. The van der Waals surface area contributed by atoms with Gasteiger partial charge in [-0.3, -0.25) is 0 Å². The van der Waals surface area contributed by atoms with Crippen LogP contribution in [-0.4, -0.2) is 24.1 Å². The van der Waals surface area contributed by atoms with Gasteiger partial charge in [0.05, 0.1) is 0 Å². The molecule has 4 rings (SSSR count). The lowest BCUT2D eigenvalue weighted by atomic mass is 10.1. The monoisotopic (exact) mass is 400 g/mol. The third-order valence-corrected chi connectivity index (χ3v) is 5.49. The molecule has 0 saturated carbocycles. The van der Waals surface area contributed by atoms with E-state index in [1.807, 2.05) is 18.2 Å². The van der Waals surface area contributed by atoms with Crippen LogP contribution in [0.4, 0.5) is 4.39 Å². The summed E-state index contributed by atoms with van der Waals surface area (Å²) in [6, 6.07) is 13.4. The number of cyclic esters (lactones) is 1. The van der Waals surface area contributed by atoms with Crippen LogP contribution >= 0.6 is 11.8 Å². The second-order valence-electron chi connectivity index (χ2n) is 6.53. The molecule has 1 fully saturated rings. The number of furan rings is 1. The predicted octanol–water partition coefficient (Wildman–Crippen LogP) is 4.73. The Balaban J connectivity index is 1.60. The van der Waals surface area contributed by atoms with E-state index in [2.05, 4.69) is 0 Å². The fourth-order valence-corrected chi connectivity index (χ4v) is 4.02. The molecule has 2 heterocycles. The number of carbonyl (C=O) groups excluding carboxylic acids is 2. The summed E-state index contributed by atoms with van der Waals surface area (Å²) in [6.07, 6.45) is -0.882. The van der Waals surface area contributed by atoms with E-state index in [1.54, 1.807) is 25.1 Å². The summed E-state index contributed by atoms with van der Waals surface area (Å²) >= 11 is 1.45. The molecule has 0 bridgehead atoms. The Morgan fingerprint density at radius 1 is 1.21 bits per heavy atom. The lowest BCUT2D eigenvalue weighted by Crippen LogP contribution is -2.23. The molecule has 0 unspecified atom stereocenters. The first-order chi connectivity index (χ1) is 13.5. The van der Waals surface area contributed by atoms with Crippen molar-refractivity contribution >= 4 is 34.7 Å². The van der Waals surface area contributed by atoms with Crippen molar-refractivity contribution in [3.63, 3.8) is 0 Å². The van der Waals surface area contributed by atoms with E-state index in [0.29, 0.717) is 23.3 Å². The fourth-order valence-electron chi connectivity index (χ4n) is 3.09. The number of para-hydroxylation sites is 1. The molecule has 1 aromatic heterocycles. The van der Waals surface area contributed by atoms with Gasteiger partial charge in [-0.2, -0.15) is 0 Å². The van der Waals surface area contributed by atoms with Gasteiger partial charge in [-0.05, 0) is 37.3 Å². The van der Waals surface area contributed by atoms with Crippen LogP contribution in [0.5, 0.6) is 0 Å². The Labute approximate surface area is 164 Å². The molecule has 28 heavy (non-hydrogen) atoms. The zero-order chi connectivity index (χ0) is 19.7. The molecular weight excluding hydrogens is 383 g/mol. The minimum Gasteiger partial charge on any atom is -0.460 e. The van der Waals surface area contributed by atoms with Crippen LogP contribution in [0, 0.1) is 5.82 Å². The summed E-state index contributed by atoms with van der Waals surface area (Å²) in [6.45, 7) is 1.75. The molecule has 0 spiro atoms. The van der Waals surface area contributed by atoms with Gasteiger partial charge in [0.25, 0.3) is 0 Å². The summed E-state index contributed by atoms with van der Waals surface area (Å²) in [5, 5.41) is 0.798. The summed E-state index contributed by atoms with van der Waals surface area (Å²) < 4.78 is 29.2. The second kappa shape index (κ2) is 7.67. The van der Waals surface area contributed by atoms with Crippen LogP contribution in [0.3, 0.4) is 0 Å². The minimum absolute atomic E-state index is 0.0724. The number of rotatable bonds is 5. The van der Waals surface area contributed by atoms with Crippen LogP contribution in [-0.2, 0) is 20.0 Å². The highest BCUT2D eigenvalue weighted by molar-refractivity contribution is 7.98. The molecule has 1 aliphatic rings. The Morgan fingerprint density at radius 3 is 2.68 bits per heavy atom. The third kappa shape index (κ3) is 3.75. The first kappa shape index (κ1) is 18.6. The highest BCUT2D eigenvalue weighted by Gasteiger charge is 2.36. The second-order valence-corrected chi connectivity index (χ2v) is 7.57. The normalized spacial score (nSPS) is 19.0. The Morgan fingerprint density at radius 2 is 1.96 bits per heavy atom. The minimum atomic E-state index is -0.923. The number of hydrogen-bond donors (Lipinski definition) is 0. The smallest absolute Gasteiger partial charge is 0.375 e. The maximum absolute atomic E-state index is 13.1. The molecule has 0 radical (unpaired) electrons. The lowest BCUT2D eigenvalue weighted by Gasteiger charge is -2.08. The highest BCUT2D eigenvalue weighted by Crippen LogP contribution is 2.33. The van der Waals surface area contributed by atoms with Crippen LogP contribution in [0.1, 0.15) is 29.5 Å². The molecule has 1 saturated heterocycles. The summed E-state index contributed by atoms with van der Waals surface area (Å²) in [5.41, 5.74) is 1.24. The van der Waals surface area contributed by atoms with Crippen molar-refractivity contribution in [2.45, 2.75) is 36.2 Å². The first-order valence-electron chi connectivity index (χ1n) is 8.81. The Hall–Kier alpha value is -2.80. The largest absolute Gasteiger partial charge is 0.460 e. The average molecular weight is 400 g/mol. The van der Waals surface area contributed by atoms with Gasteiger partial charge >= 0.3 is 11.9 Å². The van der Waals surface area contributed by atoms with E-state index in [9.17, 15) is 14.0 Å². The SMILES string of the molecule is C[C@H]1C[C@@H](OC(=O)c2oc3ccccc3c2CSc2ccc(F)cc2)C(=O)O1. The molecule has 144 valence electrons. The molecule has 0 aliphatic carbocycles.